The molecule has 2 saturated heterocycles. The number of hydrogen-bond donors (Lipinski definition) is 1. The van der Waals surface area contributed by atoms with Gasteiger partial charge in [0, 0.05) is 62.9 Å². The van der Waals surface area contributed by atoms with Crippen molar-refractivity contribution in [3.63, 3.8) is 0 Å². The van der Waals surface area contributed by atoms with Gasteiger partial charge in [-0.25, -0.2) is 0 Å². The first-order valence-corrected chi connectivity index (χ1v) is 9.09. The molecule has 2 heterocycles. The number of halogens is 1. The largest absolute Gasteiger partial charge is 0.390 e. The lowest BCUT2D eigenvalue weighted by molar-refractivity contribution is -0.129. The van der Waals surface area contributed by atoms with Gasteiger partial charge >= 0.3 is 0 Å². The van der Waals surface area contributed by atoms with Crippen LogP contribution in [0, 0.1) is 0 Å². The second-order valence-corrected chi connectivity index (χ2v) is 7.25. The maximum Gasteiger partial charge on any atom is 0.219 e. The van der Waals surface area contributed by atoms with E-state index in [1.165, 1.54) is 5.69 Å². The minimum atomic E-state index is -0.456. The first-order chi connectivity index (χ1) is 11.5. The van der Waals surface area contributed by atoms with Crippen molar-refractivity contribution in [3.8, 4) is 0 Å². The molecule has 0 bridgehead atoms. The third kappa shape index (κ3) is 4.21. The van der Waals surface area contributed by atoms with Gasteiger partial charge in [0.15, 0.2) is 0 Å². The van der Waals surface area contributed by atoms with Crippen molar-refractivity contribution < 1.29 is 9.90 Å². The zero-order valence-electron chi connectivity index (χ0n) is 14.2. The number of benzene rings is 1. The van der Waals surface area contributed by atoms with Crippen molar-refractivity contribution in [2.75, 3.05) is 44.2 Å². The number of aliphatic hydroxyl groups excluding tert-OH is 1. The Labute approximate surface area is 148 Å². The molecule has 0 radical (unpaired) electrons. The lowest BCUT2D eigenvalue weighted by Crippen LogP contribution is -2.47. The van der Waals surface area contributed by atoms with E-state index in [2.05, 4.69) is 15.9 Å². The van der Waals surface area contributed by atoms with Crippen molar-refractivity contribution in [1.29, 1.82) is 0 Å². The molecular formula is C18H26ClN3O2. The molecule has 0 unspecified atom stereocenters. The lowest BCUT2D eigenvalue weighted by Gasteiger charge is -2.39. The van der Waals surface area contributed by atoms with Crippen molar-refractivity contribution >= 4 is 23.2 Å². The molecule has 0 aromatic heterocycles. The maximum absolute atomic E-state index is 11.6. The molecule has 0 aliphatic carbocycles. The number of nitrogens with zero attached hydrogens (tertiary/aromatic N) is 3. The van der Waals surface area contributed by atoms with E-state index in [1.54, 1.807) is 11.8 Å². The third-order valence-corrected chi connectivity index (χ3v) is 5.37. The van der Waals surface area contributed by atoms with Gasteiger partial charge in [-0.1, -0.05) is 17.7 Å². The van der Waals surface area contributed by atoms with Crippen LogP contribution in [-0.2, 0) is 4.79 Å². The van der Waals surface area contributed by atoms with E-state index in [1.807, 2.05) is 18.2 Å². The van der Waals surface area contributed by atoms with Crippen molar-refractivity contribution in [1.82, 2.24) is 9.80 Å². The van der Waals surface area contributed by atoms with Gasteiger partial charge in [-0.15, -0.1) is 0 Å². The predicted molar refractivity (Wildman–Crippen MR) is 96.5 cm³/mol. The van der Waals surface area contributed by atoms with Crippen LogP contribution >= 0.6 is 11.6 Å². The van der Waals surface area contributed by atoms with E-state index in [0.29, 0.717) is 25.7 Å². The molecule has 1 aromatic rings. The number of hydrogen-bond acceptors (Lipinski definition) is 4. The van der Waals surface area contributed by atoms with E-state index in [0.717, 1.165) is 37.5 Å². The van der Waals surface area contributed by atoms with Gasteiger partial charge in [-0.05, 0) is 31.0 Å². The summed E-state index contributed by atoms with van der Waals surface area (Å²) in [5, 5.41) is 11.0. The third-order valence-electron chi connectivity index (χ3n) is 5.13. The molecule has 1 N–H and O–H groups in total. The van der Waals surface area contributed by atoms with Gasteiger partial charge in [0.2, 0.25) is 5.91 Å². The molecule has 1 amide bonds. The summed E-state index contributed by atoms with van der Waals surface area (Å²) in [6.45, 7) is 6.23. The van der Waals surface area contributed by atoms with Crippen LogP contribution in [0.25, 0.3) is 0 Å². The van der Waals surface area contributed by atoms with Gasteiger partial charge < -0.3 is 14.9 Å². The normalized spacial score (nSPS) is 24.0. The summed E-state index contributed by atoms with van der Waals surface area (Å²) in [7, 11) is 0. The highest BCUT2D eigenvalue weighted by Crippen LogP contribution is 2.25. The predicted octanol–water partition coefficient (Wildman–Crippen LogP) is 1.83. The smallest absolute Gasteiger partial charge is 0.219 e. The Hall–Kier alpha value is -1.30. The quantitative estimate of drug-likeness (QED) is 0.883. The van der Waals surface area contributed by atoms with Crippen LogP contribution in [-0.4, -0.2) is 72.2 Å². The summed E-state index contributed by atoms with van der Waals surface area (Å²) in [6, 6.07) is 8.49. The summed E-state index contributed by atoms with van der Waals surface area (Å²) in [5.41, 5.74) is 1.18. The van der Waals surface area contributed by atoms with Crippen LogP contribution in [0.2, 0.25) is 5.02 Å². The number of amides is 1. The van der Waals surface area contributed by atoms with Gasteiger partial charge in [-0.2, -0.15) is 0 Å². The SMILES string of the molecule is CC(=O)N1CCN(C2CCN(c3cccc(Cl)c3)CC2)C[C@@H](O)C1. The molecular weight excluding hydrogens is 326 g/mol. The van der Waals surface area contributed by atoms with Crippen LogP contribution in [0.5, 0.6) is 0 Å². The van der Waals surface area contributed by atoms with E-state index < -0.39 is 6.10 Å². The molecule has 24 heavy (non-hydrogen) atoms. The minimum absolute atomic E-state index is 0.0478. The first-order valence-electron chi connectivity index (χ1n) is 8.71. The summed E-state index contributed by atoms with van der Waals surface area (Å²) in [5.74, 6) is 0.0478. The highest BCUT2D eigenvalue weighted by atomic mass is 35.5. The Morgan fingerprint density at radius 3 is 2.58 bits per heavy atom. The van der Waals surface area contributed by atoms with Crippen LogP contribution in [0.3, 0.4) is 0 Å². The standard InChI is InChI=1S/C18H26ClN3O2/c1-14(23)21-9-10-22(13-18(24)12-21)16-5-7-20(8-6-16)17-4-2-3-15(19)11-17/h2-4,11,16,18,24H,5-10,12-13H2,1H3/t18-/m0/s1. The summed E-state index contributed by atoms with van der Waals surface area (Å²) >= 11 is 6.09. The second-order valence-electron chi connectivity index (χ2n) is 6.81. The summed E-state index contributed by atoms with van der Waals surface area (Å²) in [4.78, 5) is 18.1. The summed E-state index contributed by atoms with van der Waals surface area (Å²) in [6.07, 6.45) is 1.68. The zero-order chi connectivity index (χ0) is 17.1. The van der Waals surface area contributed by atoms with Gasteiger partial charge in [0.1, 0.15) is 0 Å². The molecule has 2 fully saturated rings. The van der Waals surface area contributed by atoms with E-state index in [-0.39, 0.29) is 5.91 Å². The van der Waals surface area contributed by atoms with Crippen LogP contribution in [0.15, 0.2) is 24.3 Å². The minimum Gasteiger partial charge on any atom is -0.390 e. The molecule has 0 saturated carbocycles. The molecule has 1 aromatic carbocycles. The van der Waals surface area contributed by atoms with Crippen molar-refractivity contribution in [3.05, 3.63) is 29.3 Å². The van der Waals surface area contributed by atoms with Crippen molar-refractivity contribution in [2.24, 2.45) is 0 Å². The van der Waals surface area contributed by atoms with Gasteiger partial charge in [0.25, 0.3) is 0 Å². The number of rotatable bonds is 2. The molecule has 2 aliphatic heterocycles. The monoisotopic (exact) mass is 351 g/mol. The fourth-order valence-electron chi connectivity index (χ4n) is 3.79. The van der Waals surface area contributed by atoms with E-state index in [9.17, 15) is 9.90 Å². The molecule has 132 valence electrons. The first kappa shape index (κ1) is 17.5. The Kier molecular flexibility index (Phi) is 5.64. The maximum atomic E-state index is 11.6. The number of β-amino-alcohol motifs (C(OH)–C–C–N with tert-alkyl or cyclic N) is 1. The molecule has 6 heteroatoms. The zero-order valence-corrected chi connectivity index (χ0v) is 15.0. The molecule has 3 rings (SSSR count). The van der Waals surface area contributed by atoms with Crippen LogP contribution in [0.4, 0.5) is 5.69 Å². The van der Waals surface area contributed by atoms with E-state index in [4.69, 9.17) is 11.6 Å². The van der Waals surface area contributed by atoms with E-state index >= 15 is 0 Å². The van der Waals surface area contributed by atoms with Crippen molar-refractivity contribution in [2.45, 2.75) is 31.9 Å². The molecule has 5 nitrogen and oxygen atoms in total. The number of anilines is 1. The second kappa shape index (κ2) is 7.72. The number of piperidine rings is 1. The molecule has 2 aliphatic rings. The van der Waals surface area contributed by atoms with Gasteiger partial charge in [-0.3, -0.25) is 9.69 Å². The van der Waals surface area contributed by atoms with Crippen LogP contribution in [0.1, 0.15) is 19.8 Å². The number of aliphatic hydroxyl groups is 1. The number of carbonyl (C=O) groups excluding carboxylic acids is 1. The fourth-order valence-corrected chi connectivity index (χ4v) is 3.98. The topological polar surface area (TPSA) is 47.0 Å². The fraction of sp³-hybridized carbons (Fsp3) is 0.611. The average Bonchev–Trinajstić information content (AvgIpc) is 2.77. The lowest BCUT2D eigenvalue weighted by atomic mass is 10.0. The Bertz CT molecular complexity index is 575. The highest BCUT2D eigenvalue weighted by Gasteiger charge is 2.29. The van der Waals surface area contributed by atoms with Crippen LogP contribution < -0.4 is 4.90 Å². The Balaban J connectivity index is 1.57. The number of carbonyl (C=O) groups is 1. The Morgan fingerprint density at radius 1 is 1.17 bits per heavy atom. The highest BCUT2D eigenvalue weighted by molar-refractivity contribution is 6.30. The molecule has 0 spiro atoms. The summed E-state index contributed by atoms with van der Waals surface area (Å²) < 4.78 is 0. The van der Waals surface area contributed by atoms with Gasteiger partial charge in [0.05, 0.1) is 6.10 Å². The molecule has 1 atom stereocenters. The average molecular weight is 352 g/mol. The Morgan fingerprint density at radius 2 is 1.92 bits per heavy atom.